The van der Waals surface area contributed by atoms with Crippen molar-refractivity contribution in [2.45, 2.75) is 24.6 Å². The maximum Gasteiger partial charge on any atom is 0.331 e. The van der Waals surface area contributed by atoms with Crippen LogP contribution in [-0.2, 0) is 12.5 Å². The second-order valence-corrected chi connectivity index (χ2v) is 8.73. The first-order valence-electron chi connectivity index (χ1n) is 10.5. The number of hydrogen-bond donors (Lipinski definition) is 2. The SMILES string of the molecule is FC(F)(c1ccccc1)c1nc(N2CCC3(C2)NN3)c2nnn(Cc3ccccc3Cl)c2n1. The van der Waals surface area contributed by atoms with Crippen LogP contribution >= 0.6 is 11.6 Å². The number of rotatable bonds is 5. The normalized spacial score (nSPS) is 17.2. The van der Waals surface area contributed by atoms with Crippen molar-refractivity contribution in [3.8, 4) is 0 Å². The molecule has 4 aromatic rings. The second kappa shape index (κ2) is 7.41. The van der Waals surface area contributed by atoms with Gasteiger partial charge >= 0.3 is 5.92 Å². The Hall–Kier alpha value is -3.21. The maximum atomic E-state index is 15.5. The zero-order chi connectivity index (χ0) is 22.6. The molecule has 4 heterocycles. The lowest BCUT2D eigenvalue weighted by molar-refractivity contribution is 0.0332. The molecule has 168 valence electrons. The van der Waals surface area contributed by atoms with E-state index in [0.29, 0.717) is 29.4 Å². The van der Waals surface area contributed by atoms with E-state index >= 15 is 8.78 Å². The molecule has 11 heteroatoms. The molecule has 2 aromatic heterocycles. The number of nitrogens with zero attached hydrogens (tertiary/aromatic N) is 6. The molecule has 0 radical (unpaired) electrons. The number of hydrogen-bond acceptors (Lipinski definition) is 7. The summed E-state index contributed by atoms with van der Waals surface area (Å²) < 4.78 is 32.6. The largest absolute Gasteiger partial charge is 0.351 e. The Labute approximate surface area is 192 Å². The van der Waals surface area contributed by atoms with Gasteiger partial charge in [-0.05, 0) is 11.6 Å². The number of fused-ring (bicyclic) bond motifs is 1. The second-order valence-electron chi connectivity index (χ2n) is 8.33. The molecule has 0 bridgehead atoms. The van der Waals surface area contributed by atoms with E-state index in [1.54, 1.807) is 24.3 Å². The number of benzene rings is 2. The molecule has 2 aliphatic heterocycles. The van der Waals surface area contributed by atoms with E-state index in [9.17, 15) is 0 Å². The van der Waals surface area contributed by atoms with Gasteiger partial charge in [-0.25, -0.2) is 25.5 Å². The van der Waals surface area contributed by atoms with Gasteiger partial charge in [0.1, 0.15) is 5.66 Å². The summed E-state index contributed by atoms with van der Waals surface area (Å²) in [5.74, 6) is -3.63. The highest BCUT2D eigenvalue weighted by Gasteiger charge is 2.49. The van der Waals surface area contributed by atoms with Gasteiger partial charge in [-0.1, -0.05) is 65.3 Å². The van der Waals surface area contributed by atoms with Crippen molar-refractivity contribution in [3.63, 3.8) is 0 Å². The molecule has 2 fully saturated rings. The number of aromatic nitrogens is 5. The quantitative estimate of drug-likeness (QED) is 0.434. The summed E-state index contributed by atoms with van der Waals surface area (Å²) in [5.41, 5.74) is 7.30. The maximum absolute atomic E-state index is 15.5. The van der Waals surface area contributed by atoms with Crippen molar-refractivity contribution < 1.29 is 8.78 Å². The highest BCUT2D eigenvalue weighted by molar-refractivity contribution is 6.31. The van der Waals surface area contributed by atoms with Gasteiger partial charge in [0, 0.05) is 23.6 Å². The third-order valence-corrected chi connectivity index (χ3v) is 6.46. The molecule has 33 heavy (non-hydrogen) atoms. The van der Waals surface area contributed by atoms with Crippen LogP contribution in [0.2, 0.25) is 5.02 Å². The molecule has 2 aromatic carbocycles. The molecule has 2 N–H and O–H groups in total. The summed E-state index contributed by atoms with van der Waals surface area (Å²) in [5, 5.41) is 9.04. The number of alkyl halides is 2. The van der Waals surface area contributed by atoms with E-state index in [1.165, 1.54) is 16.8 Å². The monoisotopic (exact) mass is 468 g/mol. The van der Waals surface area contributed by atoms with E-state index < -0.39 is 11.7 Å². The van der Waals surface area contributed by atoms with Gasteiger partial charge in [0.2, 0.25) is 5.82 Å². The summed E-state index contributed by atoms with van der Waals surface area (Å²) in [6.45, 7) is 1.46. The molecule has 0 aliphatic carbocycles. The van der Waals surface area contributed by atoms with Crippen LogP contribution in [0.4, 0.5) is 14.6 Å². The Kier molecular flexibility index (Phi) is 4.58. The standard InChI is InChI=1S/C22H19ClF2N8/c23-16-9-5-4-6-14(16)12-33-19-17(28-31-33)18(32-11-10-21(13-32)29-30-21)26-20(27-19)22(24,25)15-7-2-1-3-8-15/h1-9,29-30H,10-13H2. The molecule has 2 saturated heterocycles. The van der Waals surface area contributed by atoms with Crippen LogP contribution in [0.5, 0.6) is 0 Å². The first-order valence-corrected chi connectivity index (χ1v) is 10.9. The predicted molar refractivity (Wildman–Crippen MR) is 119 cm³/mol. The molecule has 6 rings (SSSR count). The molecule has 0 atom stereocenters. The average Bonchev–Trinajstić information content (AvgIpc) is 3.27. The van der Waals surface area contributed by atoms with Crippen LogP contribution < -0.4 is 15.8 Å². The molecular formula is C22H19ClF2N8. The van der Waals surface area contributed by atoms with Crippen molar-refractivity contribution >= 4 is 28.6 Å². The lowest BCUT2D eigenvalue weighted by Gasteiger charge is -2.20. The smallest absolute Gasteiger partial charge is 0.331 e. The predicted octanol–water partition coefficient (Wildman–Crippen LogP) is 3.08. The van der Waals surface area contributed by atoms with Crippen molar-refractivity contribution in [1.29, 1.82) is 0 Å². The first kappa shape index (κ1) is 20.4. The molecule has 0 saturated carbocycles. The zero-order valence-electron chi connectivity index (χ0n) is 17.3. The Morgan fingerprint density at radius 3 is 2.52 bits per heavy atom. The van der Waals surface area contributed by atoms with Crippen molar-refractivity contribution in [1.82, 2.24) is 35.8 Å². The Balaban J connectivity index is 1.50. The van der Waals surface area contributed by atoms with E-state index in [-0.39, 0.29) is 23.4 Å². The summed E-state index contributed by atoms with van der Waals surface area (Å²) in [7, 11) is 0. The Morgan fingerprint density at radius 2 is 1.79 bits per heavy atom. The minimum atomic E-state index is -3.39. The van der Waals surface area contributed by atoms with Crippen LogP contribution in [0.25, 0.3) is 11.2 Å². The van der Waals surface area contributed by atoms with Crippen LogP contribution in [-0.4, -0.2) is 43.7 Å². The van der Waals surface area contributed by atoms with Crippen molar-refractivity contribution in [3.05, 3.63) is 76.6 Å². The highest BCUT2D eigenvalue weighted by atomic mass is 35.5. The van der Waals surface area contributed by atoms with Crippen molar-refractivity contribution in [2.75, 3.05) is 18.0 Å². The van der Waals surface area contributed by atoms with E-state index in [4.69, 9.17) is 11.6 Å². The average molecular weight is 469 g/mol. The van der Waals surface area contributed by atoms with Crippen LogP contribution in [0.15, 0.2) is 54.6 Å². The summed E-state index contributed by atoms with van der Waals surface area (Å²) in [6.07, 6.45) is 0.816. The van der Waals surface area contributed by atoms with Gasteiger partial charge in [-0.3, -0.25) is 0 Å². The number of hydrazine groups is 1. The lowest BCUT2D eigenvalue weighted by atomic mass is 10.1. The Morgan fingerprint density at radius 1 is 1.03 bits per heavy atom. The third-order valence-electron chi connectivity index (χ3n) is 6.09. The fourth-order valence-corrected chi connectivity index (χ4v) is 4.35. The van der Waals surface area contributed by atoms with Gasteiger partial charge < -0.3 is 4.90 Å². The third kappa shape index (κ3) is 3.50. The summed E-state index contributed by atoms with van der Waals surface area (Å²) in [4.78, 5) is 10.5. The van der Waals surface area contributed by atoms with Crippen molar-refractivity contribution in [2.24, 2.45) is 0 Å². The van der Waals surface area contributed by atoms with Gasteiger partial charge in [0.05, 0.1) is 13.1 Å². The highest BCUT2D eigenvalue weighted by Crippen LogP contribution is 2.37. The molecule has 0 unspecified atom stereocenters. The number of anilines is 1. The van der Waals surface area contributed by atoms with Crippen LogP contribution in [0.3, 0.4) is 0 Å². The fraction of sp³-hybridized carbons (Fsp3) is 0.273. The number of nitrogens with one attached hydrogen (secondary N) is 2. The zero-order valence-corrected chi connectivity index (χ0v) is 18.1. The van der Waals surface area contributed by atoms with Crippen LogP contribution in [0, 0.1) is 0 Å². The fourth-order valence-electron chi connectivity index (χ4n) is 4.16. The first-order chi connectivity index (χ1) is 16.0. The summed E-state index contributed by atoms with van der Waals surface area (Å²) >= 11 is 6.31. The molecule has 0 amide bonds. The van der Waals surface area contributed by atoms with Gasteiger partial charge in [-0.15, -0.1) is 5.10 Å². The minimum absolute atomic E-state index is 0.177. The molecule has 8 nitrogen and oxygen atoms in total. The molecule has 2 aliphatic rings. The lowest BCUT2D eigenvalue weighted by Crippen LogP contribution is -2.28. The van der Waals surface area contributed by atoms with Gasteiger partial charge in [0.25, 0.3) is 0 Å². The molecular weight excluding hydrogens is 450 g/mol. The van der Waals surface area contributed by atoms with E-state index in [1.807, 2.05) is 23.1 Å². The van der Waals surface area contributed by atoms with Crippen LogP contribution in [0.1, 0.15) is 23.4 Å². The Bertz CT molecular complexity index is 1340. The van der Waals surface area contributed by atoms with Gasteiger partial charge in [-0.2, -0.15) is 8.78 Å². The number of halogens is 3. The molecule has 1 spiro atoms. The minimum Gasteiger partial charge on any atom is -0.351 e. The summed E-state index contributed by atoms with van der Waals surface area (Å²) in [6, 6.07) is 14.9. The van der Waals surface area contributed by atoms with Gasteiger partial charge in [0.15, 0.2) is 17.0 Å². The van der Waals surface area contributed by atoms with E-state index in [2.05, 4.69) is 31.1 Å². The van der Waals surface area contributed by atoms with E-state index in [0.717, 1.165) is 12.0 Å². The topological polar surface area (TPSA) is 104 Å².